The lowest BCUT2D eigenvalue weighted by Crippen LogP contribution is -2.34. The van der Waals surface area contributed by atoms with Gasteiger partial charge in [-0.3, -0.25) is 4.79 Å². The summed E-state index contributed by atoms with van der Waals surface area (Å²) in [7, 11) is 0. The van der Waals surface area contributed by atoms with Crippen molar-refractivity contribution in [3.8, 4) is 17.2 Å². The van der Waals surface area contributed by atoms with Crippen LogP contribution in [0.4, 0.5) is 13.2 Å². The van der Waals surface area contributed by atoms with Crippen molar-refractivity contribution in [1.82, 2.24) is 4.90 Å². The number of likely N-dealkylation sites (tertiary alicyclic amines) is 1. The molecule has 1 atom stereocenters. The van der Waals surface area contributed by atoms with Crippen LogP contribution in [-0.4, -0.2) is 48.1 Å². The summed E-state index contributed by atoms with van der Waals surface area (Å²) in [5, 5.41) is 9.01. The number of nitrogens with zero attached hydrogens (tertiary/aromatic N) is 1. The van der Waals surface area contributed by atoms with Gasteiger partial charge in [0.25, 0.3) is 5.91 Å². The Bertz CT molecular complexity index is 809. The molecule has 9 heteroatoms. The van der Waals surface area contributed by atoms with E-state index in [0.29, 0.717) is 31.0 Å². The molecule has 1 aliphatic rings. The molecular formula is C22H26F3NO5. The summed E-state index contributed by atoms with van der Waals surface area (Å²) >= 11 is 0. The van der Waals surface area contributed by atoms with Crippen molar-refractivity contribution in [2.75, 3.05) is 19.7 Å². The lowest BCUT2D eigenvalue weighted by atomic mass is 10.2. The second-order valence-corrected chi connectivity index (χ2v) is 6.48. The molecule has 1 aliphatic heterocycles. The quantitative estimate of drug-likeness (QED) is 0.699. The Hall–Kier alpha value is -2.94. The first-order valence-corrected chi connectivity index (χ1v) is 9.95. The number of ether oxygens (including phenoxy) is 3. The van der Waals surface area contributed by atoms with Crippen molar-refractivity contribution >= 4 is 5.91 Å². The Kier molecular flexibility index (Phi) is 8.99. The number of alkyl halides is 3. The van der Waals surface area contributed by atoms with Crippen molar-refractivity contribution in [2.24, 2.45) is 0 Å². The minimum Gasteiger partial charge on any atom is -0.489 e. The van der Waals surface area contributed by atoms with E-state index in [-0.39, 0.29) is 31.0 Å². The lowest BCUT2D eigenvalue weighted by molar-refractivity contribution is -0.274. The zero-order chi connectivity index (χ0) is 22.9. The Labute approximate surface area is 179 Å². The molecule has 0 saturated carbocycles. The van der Waals surface area contributed by atoms with Gasteiger partial charge in [-0.15, -0.1) is 13.2 Å². The third-order valence-electron chi connectivity index (χ3n) is 4.33. The molecule has 1 saturated heterocycles. The molecule has 6 nitrogen and oxygen atoms in total. The SMILES string of the molecule is CC.O=C(COc1ccc(CO)cc1)N1CCC(Oc2ccc(OC(F)(F)F)cc2)C1. The highest BCUT2D eigenvalue weighted by atomic mass is 19.4. The van der Waals surface area contributed by atoms with E-state index >= 15 is 0 Å². The van der Waals surface area contributed by atoms with Crippen LogP contribution in [0.1, 0.15) is 25.8 Å². The molecule has 31 heavy (non-hydrogen) atoms. The summed E-state index contributed by atoms with van der Waals surface area (Å²) in [5.41, 5.74) is 0.751. The van der Waals surface area contributed by atoms with E-state index in [1.54, 1.807) is 29.2 Å². The van der Waals surface area contributed by atoms with Crippen molar-refractivity contribution < 1.29 is 37.3 Å². The number of hydrogen-bond acceptors (Lipinski definition) is 5. The summed E-state index contributed by atoms with van der Waals surface area (Å²) in [5.74, 6) is 0.427. The fraction of sp³-hybridized carbons (Fsp3) is 0.409. The van der Waals surface area contributed by atoms with Crippen LogP contribution in [0, 0.1) is 0 Å². The molecule has 1 fully saturated rings. The van der Waals surface area contributed by atoms with E-state index < -0.39 is 6.36 Å². The van der Waals surface area contributed by atoms with Gasteiger partial charge in [-0.25, -0.2) is 0 Å². The molecule has 1 amide bonds. The minimum atomic E-state index is -4.74. The number of hydrogen-bond donors (Lipinski definition) is 1. The highest BCUT2D eigenvalue weighted by Crippen LogP contribution is 2.26. The predicted molar refractivity (Wildman–Crippen MR) is 108 cm³/mol. The Morgan fingerprint density at radius 3 is 2.19 bits per heavy atom. The number of aliphatic hydroxyl groups excluding tert-OH is 1. The Morgan fingerprint density at radius 1 is 1.03 bits per heavy atom. The van der Waals surface area contributed by atoms with Crippen molar-refractivity contribution in [3.63, 3.8) is 0 Å². The van der Waals surface area contributed by atoms with Crippen LogP contribution in [0.3, 0.4) is 0 Å². The van der Waals surface area contributed by atoms with E-state index in [1.165, 1.54) is 24.3 Å². The van der Waals surface area contributed by atoms with E-state index in [9.17, 15) is 18.0 Å². The standard InChI is InChI=1S/C20H20F3NO5.C2H6/c21-20(22,23)29-17-7-5-16(6-8-17)28-18-9-10-24(11-18)19(26)13-27-15-3-1-14(12-25)2-4-15;1-2/h1-8,18,25H,9-13H2;1-2H3. The summed E-state index contributed by atoms with van der Waals surface area (Å²) in [6.07, 6.45) is -4.38. The summed E-state index contributed by atoms with van der Waals surface area (Å²) in [6.45, 7) is 4.69. The van der Waals surface area contributed by atoms with Gasteiger partial charge in [-0.05, 0) is 42.0 Å². The van der Waals surface area contributed by atoms with Crippen LogP contribution in [0.2, 0.25) is 0 Å². The van der Waals surface area contributed by atoms with Gasteiger partial charge in [-0.1, -0.05) is 26.0 Å². The third-order valence-corrected chi connectivity index (χ3v) is 4.33. The van der Waals surface area contributed by atoms with Gasteiger partial charge in [0.05, 0.1) is 13.2 Å². The zero-order valence-electron chi connectivity index (χ0n) is 17.4. The number of halogens is 3. The molecule has 0 aromatic heterocycles. The second-order valence-electron chi connectivity index (χ2n) is 6.48. The maximum Gasteiger partial charge on any atom is 0.573 e. The molecule has 0 aliphatic carbocycles. The summed E-state index contributed by atoms with van der Waals surface area (Å²) in [6, 6.07) is 11.9. The largest absolute Gasteiger partial charge is 0.573 e. The molecule has 1 heterocycles. The van der Waals surface area contributed by atoms with Crippen LogP contribution < -0.4 is 14.2 Å². The monoisotopic (exact) mass is 441 g/mol. The highest BCUT2D eigenvalue weighted by molar-refractivity contribution is 5.78. The molecule has 1 unspecified atom stereocenters. The summed E-state index contributed by atoms with van der Waals surface area (Å²) in [4.78, 5) is 13.9. The first-order valence-electron chi connectivity index (χ1n) is 9.95. The van der Waals surface area contributed by atoms with Gasteiger partial charge in [0.15, 0.2) is 6.61 Å². The average Bonchev–Trinajstić information content (AvgIpc) is 3.23. The highest BCUT2D eigenvalue weighted by Gasteiger charge is 2.31. The predicted octanol–water partition coefficient (Wildman–Crippen LogP) is 4.16. The van der Waals surface area contributed by atoms with Gasteiger partial charge >= 0.3 is 6.36 Å². The molecule has 1 N–H and O–H groups in total. The number of carbonyl (C=O) groups excluding carboxylic acids is 1. The van der Waals surface area contributed by atoms with Crippen molar-refractivity contribution in [3.05, 3.63) is 54.1 Å². The van der Waals surface area contributed by atoms with Gasteiger partial charge < -0.3 is 24.2 Å². The van der Waals surface area contributed by atoms with Crippen LogP contribution in [0.5, 0.6) is 17.2 Å². The van der Waals surface area contributed by atoms with Crippen LogP contribution in [0.25, 0.3) is 0 Å². The topological polar surface area (TPSA) is 68.2 Å². The molecule has 2 aromatic carbocycles. The van der Waals surface area contributed by atoms with Crippen molar-refractivity contribution in [1.29, 1.82) is 0 Å². The number of carbonyl (C=O) groups is 1. The van der Waals surface area contributed by atoms with Gasteiger partial charge in [0.2, 0.25) is 0 Å². The maximum atomic E-state index is 12.3. The maximum absolute atomic E-state index is 12.3. The molecule has 3 rings (SSSR count). The van der Waals surface area contributed by atoms with Crippen molar-refractivity contribution in [2.45, 2.75) is 39.3 Å². The van der Waals surface area contributed by atoms with E-state index in [0.717, 1.165) is 5.56 Å². The molecule has 2 aromatic rings. The van der Waals surface area contributed by atoms with E-state index in [1.807, 2.05) is 13.8 Å². The van der Waals surface area contributed by atoms with E-state index in [2.05, 4.69) is 4.74 Å². The third kappa shape index (κ3) is 8.01. The van der Waals surface area contributed by atoms with Crippen LogP contribution >= 0.6 is 0 Å². The van der Waals surface area contributed by atoms with Crippen LogP contribution in [0.15, 0.2) is 48.5 Å². The summed E-state index contributed by atoms with van der Waals surface area (Å²) < 4.78 is 51.6. The van der Waals surface area contributed by atoms with Crippen LogP contribution in [-0.2, 0) is 11.4 Å². The zero-order valence-corrected chi connectivity index (χ0v) is 17.4. The number of benzene rings is 2. The minimum absolute atomic E-state index is 0.0630. The van der Waals surface area contributed by atoms with Gasteiger partial charge in [-0.2, -0.15) is 0 Å². The number of amides is 1. The fourth-order valence-corrected chi connectivity index (χ4v) is 2.89. The number of aliphatic hydroxyl groups is 1. The molecule has 0 bridgehead atoms. The first-order chi connectivity index (χ1) is 14.8. The van der Waals surface area contributed by atoms with E-state index in [4.69, 9.17) is 14.6 Å². The fourth-order valence-electron chi connectivity index (χ4n) is 2.89. The van der Waals surface area contributed by atoms with Gasteiger partial charge in [0.1, 0.15) is 23.4 Å². The first kappa shape index (κ1) is 24.3. The molecule has 0 spiro atoms. The molecule has 0 radical (unpaired) electrons. The average molecular weight is 441 g/mol. The van der Waals surface area contributed by atoms with Gasteiger partial charge in [0, 0.05) is 13.0 Å². The normalized spacial score (nSPS) is 15.7. The molecular weight excluding hydrogens is 415 g/mol. The Balaban J connectivity index is 0.00000166. The Morgan fingerprint density at radius 2 is 1.61 bits per heavy atom. The smallest absolute Gasteiger partial charge is 0.489 e. The molecule has 170 valence electrons. The lowest BCUT2D eigenvalue weighted by Gasteiger charge is -2.18. The number of rotatable bonds is 7. The second kappa shape index (κ2) is 11.5.